The van der Waals surface area contributed by atoms with Gasteiger partial charge in [0.25, 0.3) is 0 Å². The molecular weight excluding hydrogens is 358 g/mol. The van der Waals surface area contributed by atoms with E-state index in [2.05, 4.69) is 38.6 Å². The van der Waals surface area contributed by atoms with Gasteiger partial charge in [0, 0.05) is 24.3 Å². The standard InChI is InChI=1S/C8H15NO2.C4H6O2.2C3H4O2/c1-3-5-6-11-7-9-8(10)4-2;1-3(2)4(5)6;2*1-2-3(4)5/h4H,2-3,5-7H2,1H3,(H,9,10);1H2,2H3,(H,5,6);2*2H,1H2,(H,4,5). The molecule has 9 heteroatoms. The lowest BCUT2D eigenvalue weighted by Gasteiger charge is -2.02. The summed E-state index contributed by atoms with van der Waals surface area (Å²) in [7, 11) is 0. The largest absolute Gasteiger partial charge is 0.478 e. The van der Waals surface area contributed by atoms with Crippen LogP contribution in [-0.4, -0.2) is 52.5 Å². The second kappa shape index (κ2) is 25.0. The molecule has 0 spiro atoms. The van der Waals surface area contributed by atoms with Crippen LogP contribution in [0, 0.1) is 0 Å². The summed E-state index contributed by atoms with van der Waals surface area (Å²) < 4.78 is 5.07. The Hall–Kier alpha value is -3.20. The van der Waals surface area contributed by atoms with Gasteiger partial charge in [-0.05, 0) is 19.4 Å². The van der Waals surface area contributed by atoms with Crippen molar-refractivity contribution in [2.45, 2.75) is 26.7 Å². The molecule has 9 nitrogen and oxygen atoms in total. The molecule has 0 heterocycles. The van der Waals surface area contributed by atoms with Gasteiger partial charge in [-0.25, -0.2) is 14.4 Å². The molecule has 0 bridgehead atoms. The average molecular weight is 387 g/mol. The van der Waals surface area contributed by atoms with Gasteiger partial charge in [0.1, 0.15) is 6.73 Å². The lowest BCUT2D eigenvalue weighted by atomic mass is 10.4. The number of rotatable bonds is 9. The van der Waals surface area contributed by atoms with E-state index in [1.54, 1.807) is 0 Å². The van der Waals surface area contributed by atoms with Crippen LogP contribution in [0.25, 0.3) is 0 Å². The van der Waals surface area contributed by atoms with E-state index in [1.807, 2.05) is 0 Å². The third-order valence-electron chi connectivity index (χ3n) is 1.89. The molecule has 0 aromatic heterocycles. The smallest absolute Gasteiger partial charge is 0.330 e. The Labute approximate surface area is 159 Å². The molecule has 0 radical (unpaired) electrons. The van der Waals surface area contributed by atoms with E-state index in [4.69, 9.17) is 20.1 Å². The number of carboxylic acids is 3. The van der Waals surface area contributed by atoms with Gasteiger partial charge in [-0.1, -0.05) is 39.7 Å². The molecule has 1 amide bonds. The van der Waals surface area contributed by atoms with Crippen LogP contribution in [-0.2, 0) is 23.9 Å². The highest BCUT2D eigenvalue weighted by atomic mass is 16.5. The summed E-state index contributed by atoms with van der Waals surface area (Å²) in [5, 5.41) is 25.6. The van der Waals surface area contributed by atoms with E-state index in [1.165, 1.54) is 13.0 Å². The van der Waals surface area contributed by atoms with Crippen molar-refractivity contribution in [2.75, 3.05) is 13.3 Å². The Kier molecular flexibility index (Phi) is 29.3. The van der Waals surface area contributed by atoms with Crippen LogP contribution in [0.4, 0.5) is 0 Å². The third kappa shape index (κ3) is 51.8. The van der Waals surface area contributed by atoms with Gasteiger partial charge in [-0.2, -0.15) is 0 Å². The number of carbonyl (C=O) groups is 4. The second-order valence-corrected chi connectivity index (χ2v) is 4.32. The van der Waals surface area contributed by atoms with Gasteiger partial charge in [0.05, 0.1) is 0 Å². The van der Waals surface area contributed by atoms with Crippen LogP contribution >= 0.6 is 0 Å². The summed E-state index contributed by atoms with van der Waals surface area (Å²) in [5.41, 5.74) is 0.176. The Morgan fingerprint density at radius 1 is 0.963 bits per heavy atom. The first-order valence-corrected chi connectivity index (χ1v) is 7.57. The van der Waals surface area contributed by atoms with Gasteiger partial charge < -0.3 is 25.4 Å². The molecule has 0 aliphatic carbocycles. The normalized spacial score (nSPS) is 7.78. The molecule has 0 rings (SSSR count). The summed E-state index contributed by atoms with van der Waals surface area (Å²) in [5.74, 6) is -3.09. The SMILES string of the molecule is C=C(C)C(=O)O.C=CC(=O)NCOCCCC.C=CC(=O)O.C=CC(=O)O. The molecule has 0 saturated carbocycles. The molecule has 0 aliphatic rings. The molecule has 154 valence electrons. The van der Waals surface area contributed by atoms with Crippen molar-refractivity contribution in [2.24, 2.45) is 0 Å². The highest BCUT2D eigenvalue weighted by Crippen LogP contribution is 1.85. The Morgan fingerprint density at radius 3 is 1.56 bits per heavy atom. The van der Waals surface area contributed by atoms with Gasteiger partial charge in [-0.15, -0.1) is 0 Å². The molecule has 0 aromatic carbocycles. The zero-order valence-electron chi connectivity index (χ0n) is 15.8. The van der Waals surface area contributed by atoms with Crippen molar-refractivity contribution >= 4 is 23.8 Å². The first-order valence-electron chi connectivity index (χ1n) is 7.57. The zero-order valence-corrected chi connectivity index (χ0v) is 15.8. The summed E-state index contributed by atoms with van der Waals surface area (Å²) >= 11 is 0. The summed E-state index contributed by atoms with van der Waals surface area (Å²) in [6.45, 7) is 16.9. The number of carbonyl (C=O) groups excluding carboxylic acids is 1. The van der Waals surface area contributed by atoms with Crippen LogP contribution in [0.2, 0.25) is 0 Å². The number of hydrogen-bond donors (Lipinski definition) is 4. The van der Waals surface area contributed by atoms with E-state index < -0.39 is 17.9 Å². The van der Waals surface area contributed by atoms with Crippen molar-refractivity contribution in [1.29, 1.82) is 0 Å². The van der Waals surface area contributed by atoms with Crippen LogP contribution in [0.3, 0.4) is 0 Å². The molecule has 0 atom stereocenters. The van der Waals surface area contributed by atoms with Gasteiger partial charge in [-0.3, -0.25) is 4.79 Å². The first kappa shape index (κ1) is 31.6. The maximum Gasteiger partial charge on any atom is 0.330 e. The fraction of sp³-hybridized carbons (Fsp3) is 0.333. The number of aliphatic carboxylic acids is 3. The Morgan fingerprint density at radius 2 is 1.33 bits per heavy atom. The summed E-state index contributed by atoms with van der Waals surface area (Å²) in [6, 6.07) is 0. The summed E-state index contributed by atoms with van der Waals surface area (Å²) in [4.78, 5) is 38.6. The monoisotopic (exact) mass is 387 g/mol. The molecule has 27 heavy (non-hydrogen) atoms. The van der Waals surface area contributed by atoms with E-state index in [9.17, 15) is 19.2 Å². The highest BCUT2D eigenvalue weighted by molar-refractivity contribution is 5.86. The van der Waals surface area contributed by atoms with Crippen LogP contribution < -0.4 is 5.32 Å². The van der Waals surface area contributed by atoms with Crippen molar-refractivity contribution < 1.29 is 39.2 Å². The predicted octanol–water partition coefficient (Wildman–Crippen LogP) is 2.22. The maximum absolute atomic E-state index is 10.5. The van der Waals surface area contributed by atoms with Crippen LogP contribution in [0.15, 0.2) is 50.1 Å². The topological polar surface area (TPSA) is 150 Å². The minimum absolute atomic E-state index is 0.176. The Balaban J connectivity index is -0.000000141. The Bertz CT molecular complexity index is 468. The molecule has 0 aromatic rings. The lowest BCUT2D eigenvalue weighted by molar-refractivity contribution is -0.133. The van der Waals surface area contributed by atoms with Crippen molar-refractivity contribution in [1.82, 2.24) is 5.32 Å². The second-order valence-electron chi connectivity index (χ2n) is 4.32. The number of hydrogen-bond acceptors (Lipinski definition) is 5. The van der Waals surface area contributed by atoms with E-state index in [-0.39, 0.29) is 18.2 Å². The van der Waals surface area contributed by atoms with Crippen molar-refractivity contribution in [3.8, 4) is 0 Å². The molecule has 0 fully saturated rings. The van der Waals surface area contributed by atoms with E-state index in [0.717, 1.165) is 25.0 Å². The summed E-state index contributed by atoms with van der Waals surface area (Å²) in [6.07, 6.45) is 5.03. The van der Waals surface area contributed by atoms with Crippen LogP contribution in [0.5, 0.6) is 0 Å². The van der Waals surface area contributed by atoms with Crippen molar-refractivity contribution in [3.05, 3.63) is 50.1 Å². The first-order chi connectivity index (χ1) is 12.5. The number of ether oxygens (including phenoxy) is 1. The molecule has 0 saturated heterocycles. The van der Waals surface area contributed by atoms with E-state index >= 15 is 0 Å². The number of nitrogens with one attached hydrogen (secondary N) is 1. The molecular formula is C18H29NO8. The average Bonchev–Trinajstić information content (AvgIpc) is 2.62. The predicted molar refractivity (Wildman–Crippen MR) is 102 cm³/mol. The number of carboxylic acid groups (broad SMARTS) is 3. The lowest BCUT2D eigenvalue weighted by Crippen LogP contribution is -2.23. The fourth-order valence-electron chi connectivity index (χ4n) is 0.513. The van der Waals surface area contributed by atoms with Crippen molar-refractivity contribution in [3.63, 3.8) is 0 Å². The van der Waals surface area contributed by atoms with E-state index in [0.29, 0.717) is 6.61 Å². The molecule has 0 aliphatic heterocycles. The van der Waals surface area contributed by atoms with Crippen LogP contribution in [0.1, 0.15) is 26.7 Å². The third-order valence-corrected chi connectivity index (χ3v) is 1.89. The van der Waals surface area contributed by atoms with Gasteiger partial charge in [0.15, 0.2) is 0 Å². The highest BCUT2D eigenvalue weighted by Gasteiger charge is 1.91. The minimum atomic E-state index is -0.981. The molecule has 4 N–H and O–H groups in total. The molecule has 0 unspecified atom stereocenters. The zero-order chi connectivity index (χ0) is 22.3. The van der Waals surface area contributed by atoms with Gasteiger partial charge in [0.2, 0.25) is 5.91 Å². The number of amides is 1. The maximum atomic E-state index is 10.5. The number of unbranched alkanes of at least 4 members (excludes halogenated alkanes) is 1. The quantitative estimate of drug-likeness (QED) is 0.267. The minimum Gasteiger partial charge on any atom is -0.478 e. The fourth-order valence-corrected chi connectivity index (χ4v) is 0.513. The van der Waals surface area contributed by atoms with Gasteiger partial charge >= 0.3 is 17.9 Å².